The van der Waals surface area contributed by atoms with Gasteiger partial charge in [-0.05, 0) is 44.6 Å². The predicted molar refractivity (Wildman–Crippen MR) is 154 cm³/mol. The molecule has 0 spiro atoms. The van der Waals surface area contributed by atoms with Gasteiger partial charge in [-0.25, -0.2) is 4.79 Å². The van der Waals surface area contributed by atoms with E-state index in [4.69, 9.17) is 9.26 Å². The highest BCUT2D eigenvalue weighted by molar-refractivity contribution is 5.97. The third kappa shape index (κ3) is 9.67. The molecule has 1 saturated heterocycles. The Bertz CT molecular complexity index is 1270. The lowest BCUT2D eigenvalue weighted by atomic mass is 9.87. The summed E-state index contributed by atoms with van der Waals surface area (Å²) in [5, 5.41) is 12.2. The van der Waals surface area contributed by atoms with Gasteiger partial charge in [-0.2, -0.15) is 0 Å². The standard InChI is InChI=1S/C31H40N4O7/c1-5-41-27(37)12-11-24(17-22-13-14-32-29(22)38)33-30(39)23(16-21-9-7-6-8-10-21)18-26(36)28(19(2)3)34-31(40)25-15-20(4)42-35-25/h6-12,15,19,22-24,28H,5,13-14,16-18H2,1-4H3,(H,32,38)(H,33,39)(H,34,40)/b12-11+. The molecule has 2 aromatic rings. The van der Waals surface area contributed by atoms with Crippen molar-refractivity contribution in [2.24, 2.45) is 17.8 Å². The molecule has 3 amide bonds. The van der Waals surface area contributed by atoms with Gasteiger partial charge >= 0.3 is 5.97 Å². The molecule has 4 unspecified atom stereocenters. The minimum Gasteiger partial charge on any atom is -0.463 e. The van der Waals surface area contributed by atoms with Crippen molar-refractivity contribution in [3.05, 3.63) is 65.6 Å². The first-order valence-corrected chi connectivity index (χ1v) is 14.3. The zero-order valence-electron chi connectivity index (χ0n) is 24.6. The van der Waals surface area contributed by atoms with Crippen LogP contribution in [0, 0.1) is 24.7 Å². The normalized spacial score (nSPS) is 17.0. The third-order valence-corrected chi connectivity index (χ3v) is 7.08. The van der Waals surface area contributed by atoms with E-state index < -0.39 is 35.8 Å². The Labute approximate surface area is 245 Å². The minimum absolute atomic E-state index is 0.0664. The van der Waals surface area contributed by atoms with Crippen molar-refractivity contribution in [2.75, 3.05) is 13.2 Å². The topological polar surface area (TPSA) is 157 Å². The molecule has 1 fully saturated rings. The van der Waals surface area contributed by atoms with Crippen molar-refractivity contribution in [2.45, 2.75) is 65.5 Å². The average Bonchev–Trinajstić information content (AvgIpc) is 3.57. The number of ether oxygens (including phenoxy) is 1. The number of benzene rings is 1. The molecule has 1 aromatic carbocycles. The first-order chi connectivity index (χ1) is 20.1. The van der Waals surface area contributed by atoms with E-state index in [-0.39, 0.29) is 48.7 Å². The van der Waals surface area contributed by atoms with Crippen LogP contribution in [0.3, 0.4) is 0 Å². The fourth-order valence-electron chi connectivity index (χ4n) is 4.88. The van der Waals surface area contributed by atoms with Gasteiger partial charge in [0.25, 0.3) is 5.91 Å². The number of carbonyl (C=O) groups excluding carboxylic acids is 5. The van der Waals surface area contributed by atoms with E-state index in [1.165, 1.54) is 18.2 Å². The molecule has 0 radical (unpaired) electrons. The Morgan fingerprint density at radius 2 is 1.90 bits per heavy atom. The van der Waals surface area contributed by atoms with Crippen LogP contribution in [0.25, 0.3) is 0 Å². The molecule has 11 heteroatoms. The number of nitrogens with one attached hydrogen (secondary N) is 3. The smallest absolute Gasteiger partial charge is 0.330 e. The molecule has 2 heterocycles. The fraction of sp³-hybridized carbons (Fsp3) is 0.484. The van der Waals surface area contributed by atoms with Gasteiger partial charge in [0.1, 0.15) is 5.76 Å². The molecule has 11 nitrogen and oxygen atoms in total. The molecule has 1 aliphatic rings. The highest BCUT2D eigenvalue weighted by Crippen LogP contribution is 2.20. The summed E-state index contributed by atoms with van der Waals surface area (Å²) in [5.74, 6) is -2.78. The number of hydrogen-bond acceptors (Lipinski definition) is 8. The molecule has 4 atom stereocenters. The molecule has 1 aliphatic heterocycles. The van der Waals surface area contributed by atoms with E-state index in [1.807, 2.05) is 44.2 Å². The Morgan fingerprint density at radius 3 is 2.50 bits per heavy atom. The maximum absolute atomic E-state index is 13.7. The molecule has 0 bridgehead atoms. The summed E-state index contributed by atoms with van der Waals surface area (Å²) in [7, 11) is 0. The van der Waals surface area contributed by atoms with Crippen LogP contribution in [0.1, 0.15) is 61.8 Å². The van der Waals surface area contributed by atoms with Crippen molar-refractivity contribution in [1.82, 2.24) is 21.1 Å². The first kappa shape index (κ1) is 32.2. The summed E-state index contributed by atoms with van der Waals surface area (Å²) >= 11 is 0. The molecule has 226 valence electrons. The van der Waals surface area contributed by atoms with E-state index in [1.54, 1.807) is 13.8 Å². The van der Waals surface area contributed by atoms with Crippen LogP contribution in [-0.4, -0.2) is 59.9 Å². The lowest BCUT2D eigenvalue weighted by Crippen LogP contribution is -2.47. The summed E-state index contributed by atoms with van der Waals surface area (Å²) in [6, 6.07) is 9.31. The maximum atomic E-state index is 13.7. The average molecular weight is 581 g/mol. The van der Waals surface area contributed by atoms with Crippen LogP contribution < -0.4 is 16.0 Å². The predicted octanol–water partition coefficient (Wildman–Crippen LogP) is 2.69. The van der Waals surface area contributed by atoms with Gasteiger partial charge in [-0.3, -0.25) is 19.2 Å². The molecule has 0 aliphatic carbocycles. The minimum atomic E-state index is -0.859. The van der Waals surface area contributed by atoms with Gasteiger partial charge < -0.3 is 25.2 Å². The summed E-state index contributed by atoms with van der Waals surface area (Å²) in [5.41, 5.74) is 0.930. The second kappa shape index (κ2) is 15.6. The van der Waals surface area contributed by atoms with Gasteiger partial charge in [-0.15, -0.1) is 0 Å². The van der Waals surface area contributed by atoms with Crippen molar-refractivity contribution in [1.29, 1.82) is 0 Å². The van der Waals surface area contributed by atoms with E-state index >= 15 is 0 Å². The maximum Gasteiger partial charge on any atom is 0.330 e. The number of amides is 3. The molecule has 1 aromatic heterocycles. The summed E-state index contributed by atoms with van der Waals surface area (Å²) in [6.07, 6.45) is 3.82. The Hall–Kier alpha value is -4.28. The summed E-state index contributed by atoms with van der Waals surface area (Å²) in [6.45, 7) is 7.73. The zero-order valence-corrected chi connectivity index (χ0v) is 24.6. The van der Waals surface area contributed by atoms with Crippen molar-refractivity contribution < 1.29 is 33.2 Å². The zero-order chi connectivity index (χ0) is 30.6. The molecule has 0 saturated carbocycles. The SMILES string of the molecule is CCOC(=O)/C=C/C(CC1CCNC1=O)NC(=O)C(CC(=O)C(NC(=O)c1cc(C)on1)C(C)C)Cc1ccccc1. The molecule has 42 heavy (non-hydrogen) atoms. The van der Waals surface area contributed by atoms with Gasteiger partial charge in [0.2, 0.25) is 11.8 Å². The number of nitrogens with zero attached hydrogens (tertiary/aromatic N) is 1. The monoisotopic (exact) mass is 580 g/mol. The Kier molecular flexibility index (Phi) is 12.0. The Morgan fingerprint density at radius 1 is 1.17 bits per heavy atom. The molecular formula is C31H40N4O7. The fourth-order valence-corrected chi connectivity index (χ4v) is 4.88. The number of rotatable bonds is 15. The van der Waals surface area contributed by atoms with E-state index in [0.29, 0.717) is 25.1 Å². The second-order valence-corrected chi connectivity index (χ2v) is 10.8. The van der Waals surface area contributed by atoms with Gasteiger partial charge in [0, 0.05) is 43.0 Å². The van der Waals surface area contributed by atoms with E-state index in [2.05, 4.69) is 21.1 Å². The lowest BCUT2D eigenvalue weighted by Gasteiger charge is -2.25. The third-order valence-electron chi connectivity index (χ3n) is 7.08. The van der Waals surface area contributed by atoms with Crippen LogP contribution in [0.15, 0.2) is 53.1 Å². The second-order valence-electron chi connectivity index (χ2n) is 10.8. The molecule has 3 N–H and O–H groups in total. The van der Waals surface area contributed by atoms with Gasteiger partial charge in [0.15, 0.2) is 11.5 Å². The van der Waals surface area contributed by atoms with Crippen molar-refractivity contribution in [3.63, 3.8) is 0 Å². The van der Waals surface area contributed by atoms with E-state index in [0.717, 1.165) is 5.56 Å². The first-order valence-electron chi connectivity index (χ1n) is 14.3. The number of carbonyl (C=O) groups is 5. The summed E-state index contributed by atoms with van der Waals surface area (Å²) < 4.78 is 9.96. The summed E-state index contributed by atoms with van der Waals surface area (Å²) in [4.78, 5) is 64.3. The van der Waals surface area contributed by atoms with Crippen LogP contribution in [-0.2, 0) is 30.3 Å². The number of aromatic nitrogens is 1. The van der Waals surface area contributed by atoms with Crippen molar-refractivity contribution in [3.8, 4) is 0 Å². The van der Waals surface area contributed by atoms with Crippen LogP contribution in [0.4, 0.5) is 0 Å². The number of Topliss-reactive ketones (excluding diaryl/α,β-unsaturated/α-hetero) is 1. The molecule has 3 rings (SSSR count). The van der Waals surface area contributed by atoms with E-state index in [9.17, 15) is 24.0 Å². The Balaban J connectivity index is 1.80. The number of esters is 1. The largest absolute Gasteiger partial charge is 0.463 e. The van der Waals surface area contributed by atoms with Crippen LogP contribution in [0.2, 0.25) is 0 Å². The van der Waals surface area contributed by atoms with Crippen LogP contribution >= 0.6 is 0 Å². The van der Waals surface area contributed by atoms with Gasteiger partial charge in [-0.1, -0.05) is 55.4 Å². The quantitative estimate of drug-likeness (QED) is 0.214. The van der Waals surface area contributed by atoms with Crippen molar-refractivity contribution >= 4 is 29.5 Å². The number of hydrogen-bond donors (Lipinski definition) is 3. The highest BCUT2D eigenvalue weighted by atomic mass is 16.5. The van der Waals surface area contributed by atoms with Gasteiger partial charge in [0.05, 0.1) is 12.6 Å². The highest BCUT2D eigenvalue weighted by Gasteiger charge is 2.32. The number of aryl methyl sites for hydroxylation is 1. The van der Waals surface area contributed by atoms with Crippen LogP contribution in [0.5, 0.6) is 0 Å². The number of ketones is 1. The molecular weight excluding hydrogens is 540 g/mol. The lowest BCUT2D eigenvalue weighted by molar-refractivity contribution is -0.137.